The van der Waals surface area contributed by atoms with Gasteiger partial charge in [0.2, 0.25) is 0 Å². The van der Waals surface area contributed by atoms with Gasteiger partial charge in [0.15, 0.2) is 11.9 Å². The van der Waals surface area contributed by atoms with Crippen LogP contribution in [0.5, 0.6) is 0 Å². The lowest BCUT2D eigenvalue weighted by atomic mass is 10.0. The molecule has 1 N–H and O–H groups in total. The van der Waals surface area contributed by atoms with E-state index >= 15 is 0 Å². The van der Waals surface area contributed by atoms with Crippen molar-refractivity contribution in [3.8, 4) is 6.07 Å². The molecule has 25 heavy (non-hydrogen) atoms. The molecule has 1 saturated heterocycles. The molecule has 6 heteroatoms. The Balaban J connectivity index is 1.95. The van der Waals surface area contributed by atoms with Gasteiger partial charge in [0, 0.05) is 5.56 Å². The number of nitrogens with zero attached hydrogens (tertiary/aromatic N) is 3. The highest BCUT2D eigenvalue weighted by atomic mass is 16.7. The lowest BCUT2D eigenvalue weighted by molar-refractivity contribution is -0.138. The second kappa shape index (κ2) is 6.30. The van der Waals surface area contributed by atoms with Crippen LogP contribution in [-0.4, -0.2) is 34.0 Å². The van der Waals surface area contributed by atoms with Crippen molar-refractivity contribution in [1.82, 2.24) is 9.55 Å². The number of nitriles is 1. The molecule has 0 saturated carbocycles. The Bertz CT molecular complexity index is 924. The topological polar surface area (TPSA) is 80.3 Å². The predicted octanol–water partition coefficient (Wildman–Crippen LogP) is 2.17. The zero-order valence-corrected chi connectivity index (χ0v) is 13.5. The van der Waals surface area contributed by atoms with E-state index in [2.05, 4.69) is 0 Å². The van der Waals surface area contributed by atoms with Gasteiger partial charge < -0.3 is 19.1 Å². The number of aliphatic hydroxyl groups is 1. The van der Waals surface area contributed by atoms with Crippen LogP contribution in [0.25, 0.3) is 11.0 Å². The van der Waals surface area contributed by atoms with Crippen LogP contribution < -0.4 is 0 Å². The first-order chi connectivity index (χ1) is 12.2. The van der Waals surface area contributed by atoms with Crippen LogP contribution in [0.15, 0.2) is 54.6 Å². The van der Waals surface area contributed by atoms with Gasteiger partial charge in [-0.2, -0.15) is 5.26 Å². The molecule has 6 nitrogen and oxygen atoms in total. The van der Waals surface area contributed by atoms with Crippen LogP contribution in [-0.2, 0) is 21.8 Å². The minimum Gasteiger partial charge on any atom is -0.376 e. The fourth-order valence-electron chi connectivity index (χ4n) is 3.22. The van der Waals surface area contributed by atoms with Crippen LogP contribution in [0.3, 0.4) is 0 Å². The molecule has 1 aliphatic rings. The van der Waals surface area contributed by atoms with Crippen LogP contribution in [0.4, 0.5) is 0 Å². The summed E-state index contributed by atoms with van der Waals surface area (Å²) in [6.07, 6.45) is -1.15. The van der Waals surface area contributed by atoms with Crippen molar-refractivity contribution in [2.45, 2.75) is 18.4 Å². The smallest absolute Gasteiger partial charge is 0.256 e. The number of benzene rings is 2. The van der Waals surface area contributed by atoms with Gasteiger partial charge in [-0.25, -0.2) is 4.98 Å². The van der Waals surface area contributed by atoms with E-state index in [1.165, 1.54) is 0 Å². The van der Waals surface area contributed by atoms with Crippen molar-refractivity contribution in [2.75, 3.05) is 13.2 Å². The monoisotopic (exact) mass is 335 g/mol. The molecule has 0 radical (unpaired) electrons. The van der Waals surface area contributed by atoms with E-state index in [1.54, 1.807) is 0 Å². The van der Waals surface area contributed by atoms with E-state index in [-0.39, 0.29) is 6.54 Å². The van der Waals surface area contributed by atoms with Gasteiger partial charge in [-0.3, -0.25) is 0 Å². The Morgan fingerprint density at radius 2 is 1.80 bits per heavy atom. The summed E-state index contributed by atoms with van der Waals surface area (Å²) in [5.41, 5.74) is 2.41. The molecule has 0 aliphatic carbocycles. The zero-order valence-electron chi connectivity index (χ0n) is 13.5. The number of fused-ring (bicyclic) bond motifs is 1. The molecular weight excluding hydrogens is 318 g/mol. The SMILES string of the molecule is N#CC(O)Cn1c(C2(c3ccccc3)OCCO2)nc2ccccc21. The molecule has 0 amide bonds. The van der Waals surface area contributed by atoms with E-state index in [1.807, 2.05) is 65.2 Å². The Morgan fingerprint density at radius 1 is 1.12 bits per heavy atom. The Labute approximate surface area is 144 Å². The van der Waals surface area contributed by atoms with Crippen molar-refractivity contribution in [3.63, 3.8) is 0 Å². The van der Waals surface area contributed by atoms with E-state index < -0.39 is 11.9 Å². The van der Waals surface area contributed by atoms with Crippen LogP contribution in [0.1, 0.15) is 11.4 Å². The number of imidazole rings is 1. The molecule has 3 aromatic rings. The largest absolute Gasteiger partial charge is 0.376 e. The molecule has 1 fully saturated rings. The second-order valence-corrected chi connectivity index (χ2v) is 5.86. The molecule has 1 aromatic heterocycles. The van der Waals surface area contributed by atoms with E-state index in [0.717, 1.165) is 16.6 Å². The highest BCUT2D eigenvalue weighted by Crippen LogP contribution is 2.39. The number of hydrogen-bond donors (Lipinski definition) is 1. The summed E-state index contributed by atoms with van der Waals surface area (Å²) < 4.78 is 13.9. The van der Waals surface area contributed by atoms with Gasteiger partial charge in [-0.15, -0.1) is 0 Å². The molecule has 1 unspecified atom stereocenters. The van der Waals surface area contributed by atoms with Gasteiger partial charge in [0.05, 0.1) is 36.9 Å². The van der Waals surface area contributed by atoms with E-state index in [0.29, 0.717) is 19.0 Å². The van der Waals surface area contributed by atoms with Crippen molar-refractivity contribution in [3.05, 3.63) is 66.0 Å². The number of aliphatic hydroxyl groups excluding tert-OH is 1. The standard InChI is InChI=1S/C19H17N3O3/c20-12-15(23)13-22-17-9-5-4-8-16(17)21-18(22)19(24-10-11-25-19)14-6-2-1-3-7-14/h1-9,15,23H,10-11,13H2. The lowest BCUT2D eigenvalue weighted by Gasteiger charge is -2.28. The van der Waals surface area contributed by atoms with Crippen LogP contribution in [0, 0.1) is 11.3 Å². The van der Waals surface area contributed by atoms with Crippen molar-refractivity contribution in [1.29, 1.82) is 5.26 Å². The highest BCUT2D eigenvalue weighted by molar-refractivity contribution is 5.76. The predicted molar refractivity (Wildman–Crippen MR) is 90.5 cm³/mol. The molecule has 4 rings (SSSR count). The summed E-state index contributed by atoms with van der Waals surface area (Å²) in [5, 5.41) is 19.0. The molecular formula is C19H17N3O3. The first kappa shape index (κ1) is 15.8. The van der Waals surface area contributed by atoms with Crippen molar-refractivity contribution < 1.29 is 14.6 Å². The van der Waals surface area contributed by atoms with Crippen LogP contribution >= 0.6 is 0 Å². The van der Waals surface area contributed by atoms with Crippen molar-refractivity contribution in [2.24, 2.45) is 0 Å². The second-order valence-electron chi connectivity index (χ2n) is 5.86. The summed E-state index contributed by atoms with van der Waals surface area (Å²) in [6, 6.07) is 19.1. The minimum absolute atomic E-state index is 0.0909. The van der Waals surface area contributed by atoms with Gasteiger partial charge in [-0.1, -0.05) is 42.5 Å². The third-order valence-electron chi connectivity index (χ3n) is 4.30. The van der Waals surface area contributed by atoms with Crippen LogP contribution in [0.2, 0.25) is 0 Å². The molecule has 126 valence electrons. The molecule has 2 heterocycles. The molecule has 1 aliphatic heterocycles. The summed E-state index contributed by atoms with van der Waals surface area (Å²) in [5.74, 6) is -0.609. The summed E-state index contributed by atoms with van der Waals surface area (Å²) in [6.45, 7) is 0.978. The Morgan fingerprint density at radius 3 is 2.52 bits per heavy atom. The lowest BCUT2D eigenvalue weighted by Crippen LogP contribution is -2.33. The van der Waals surface area contributed by atoms with Crippen molar-refractivity contribution >= 4 is 11.0 Å². The normalized spacial score (nSPS) is 17.4. The van der Waals surface area contributed by atoms with Gasteiger partial charge in [-0.05, 0) is 12.1 Å². The number of para-hydroxylation sites is 2. The Hall–Kier alpha value is -2.72. The average molecular weight is 335 g/mol. The van der Waals surface area contributed by atoms with E-state index in [4.69, 9.17) is 19.7 Å². The quantitative estimate of drug-likeness (QED) is 0.739. The third kappa shape index (κ3) is 2.59. The molecule has 0 spiro atoms. The maximum absolute atomic E-state index is 9.92. The summed E-state index contributed by atoms with van der Waals surface area (Å²) >= 11 is 0. The fourth-order valence-corrected chi connectivity index (χ4v) is 3.22. The maximum Gasteiger partial charge on any atom is 0.256 e. The Kier molecular flexibility index (Phi) is 3.98. The summed E-state index contributed by atoms with van der Waals surface area (Å²) in [7, 11) is 0. The maximum atomic E-state index is 9.92. The fraction of sp³-hybridized carbons (Fsp3) is 0.263. The number of rotatable bonds is 4. The number of aromatic nitrogens is 2. The van der Waals surface area contributed by atoms with Gasteiger partial charge in [0.1, 0.15) is 0 Å². The summed E-state index contributed by atoms with van der Waals surface area (Å²) in [4.78, 5) is 4.72. The van der Waals surface area contributed by atoms with E-state index in [9.17, 15) is 5.11 Å². The number of ether oxygens (including phenoxy) is 2. The molecule has 0 bridgehead atoms. The zero-order chi connectivity index (χ0) is 17.3. The first-order valence-corrected chi connectivity index (χ1v) is 8.11. The minimum atomic E-state index is -1.15. The third-order valence-corrected chi connectivity index (χ3v) is 4.30. The highest BCUT2D eigenvalue weighted by Gasteiger charge is 2.45. The molecule has 2 aromatic carbocycles. The molecule has 1 atom stereocenters. The average Bonchev–Trinajstić information content (AvgIpc) is 3.29. The van der Waals surface area contributed by atoms with Gasteiger partial charge in [0.25, 0.3) is 5.79 Å². The number of hydrogen-bond acceptors (Lipinski definition) is 5. The first-order valence-electron chi connectivity index (χ1n) is 8.11. The van der Waals surface area contributed by atoms with Gasteiger partial charge >= 0.3 is 0 Å².